The molecule has 1 N–H and O–H groups in total. The van der Waals surface area contributed by atoms with E-state index in [-0.39, 0.29) is 30.3 Å². The normalized spacial score (nSPS) is 12.2. The summed E-state index contributed by atoms with van der Waals surface area (Å²) in [5, 5.41) is 9.19. The van der Waals surface area contributed by atoms with Crippen molar-refractivity contribution in [3.05, 3.63) is 94.8 Å². The molecule has 0 saturated heterocycles. The molecular weight excluding hydrogens is 522 g/mol. The first kappa shape index (κ1) is 29.6. The number of nitrogens with zero attached hydrogens (tertiary/aromatic N) is 1. The fourth-order valence-electron chi connectivity index (χ4n) is 4.09. The van der Waals surface area contributed by atoms with Gasteiger partial charge in [0, 0.05) is 32.5 Å². The van der Waals surface area contributed by atoms with Crippen LogP contribution in [0.5, 0.6) is 5.75 Å². The van der Waals surface area contributed by atoms with E-state index in [2.05, 4.69) is 0 Å². The number of halogens is 4. The quantitative estimate of drug-likeness (QED) is 0.230. The van der Waals surface area contributed by atoms with Crippen molar-refractivity contribution in [1.29, 1.82) is 0 Å². The highest BCUT2D eigenvalue weighted by Crippen LogP contribution is 2.30. The van der Waals surface area contributed by atoms with E-state index < -0.39 is 21.6 Å². The molecular formula is C28H31F4NO4S. The Morgan fingerprint density at radius 3 is 2.32 bits per heavy atom. The van der Waals surface area contributed by atoms with Crippen LogP contribution in [0.1, 0.15) is 28.7 Å². The van der Waals surface area contributed by atoms with Crippen LogP contribution < -0.4 is 4.74 Å². The summed E-state index contributed by atoms with van der Waals surface area (Å²) in [5.74, 6) is 0.0398. The summed E-state index contributed by atoms with van der Waals surface area (Å²) in [5.41, 5.74) is 1.24. The maximum Gasteiger partial charge on any atom is 0.416 e. The Bertz CT molecular complexity index is 1290. The van der Waals surface area contributed by atoms with Crippen LogP contribution in [0.2, 0.25) is 0 Å². The third kappa shape index (κ3) is 9.11. The second-order valence-electron chi connectivity index (χ2n) is 9.07. The fourth-order valence-corrected chi connectivity index (χ4v) is 5.06. The highest BCUT2D eigenvalue weighted by atomic mass is 32.2. The first-order valence-electron chi connectivity index (χ1n) is 12.2. The van der Waals surface area contributed by atoms with Gasteiger partial charge in [-0.25, -0.2) is 12.8 Å². The zero-order chi connectivity index (χ0) is 27.8. The van der Waals surface area contributed by atoms with Crippen LogP contribution >= 0.6 is 0 Å². The van der Waals surface area contributed by atoms with Crippen molar-refractivity contribution in [2.75, 3.05) is 32.6 Å². The van der Waals surface area contributed by atoms with E-state index in [1.807, 2.05) is 4.90 Å². The second-order valence-corrected chi connectivity index (χ2v) is 11.1. The number of rotatable bonds is 13. The summed E-state index contributed by atoms with van der Waals surface area (Å²) in [6.07, 6.45) is -2.00. The van der Waals surface area contributed by atoms with E-state index in [4.69, 9.17) is 4.74 Å². The minimum Gasteiger partial charge on any atom is -0.494 e. The SMILES string of the molecule is CS(=O)(=O)c1cc(OCCCN(CCc2ccc(F)cc2)Cc2cccc(C(F)(F)F)c2)ccc1CCO. The highest BCUT2D eigenvalue weighted by molar-refractivity contribution is 7.90. The number of hydrogen-bond donors (Lipinski definition) is 1. The zero-order valence-electron chi connectivity index (χ0n) is 21.0. The minimum atomic E-state index is -4.43. The smallest absolute Gasteiger partial charge is 0.416 e. The minimum absolute atomic E-state index is 0.106. The Labute approximate surface area is 220 Å². The molecule has 10 heteroatoms. The van der Waals surface area contributed by atoms with Crippen LogP contribution in [-0.4, -0.2) is 51.0 Å². The van der Waals surface area contributed by atoms with E-state index in [0.717, 1.165) is 24.0 Å². The van der Waals surface area contributed by atoms with Gasteiger partial charge in [0.2, 0.25) is 0 Å². The molecule has 5 nitrogen and oxygen atoms in total. The summed E-state index contributed by atoms with van der Waals surface area (Å²) < 4.78 is 82.8. The van der Waals surface area contributed by atoms with Crippen molar-refractivity contribution in [2.24, 2.45) is 0 Å². The van der Waals surface area contributed by atoms with E-state index in [1.165, 1.54) is 24.3 Å². The van der Waals surface area contributed by atoms with Crippen molar-refractivity contribution < 1.29 is 35.8 Å². The van der Waals surface area contributed by atoms with Gasteiger partial charge < -0.3 is 9.84 Å². The Morgan fingerprint density at radius 1 is 0.921 bits per heavy atom. The molecule has 0 aliphatic carbocycles. The molecule has 0 aliphatic heterocycles. The first-order valence-corrected chi connectivity index (χ1v) is 14.0. The molecule has 3 aromatic carbocycles. The topological polar surface area (TPSA) is 66.8 Å². The number of ether oxygens (including phenoxy) is 1. The molecule has 0 aromatic heterocycles. The molecule has 0 radical (unpaired) electrons. The molecule has 38 heavy (non-hydrogen) atoms. The van der Waals surface area contributed by atoms with Gasteiger partial charge in [0.05, 0.1) is 17.1 Å². The molecule has 0 unspecified atom stereocenters. The number of benzene rings is 3. The molecule has 3 rings (SSSR count). The average molecular weight is 554 g/mol. The number of hydrogen-bond acceptors (Lipinski definition) is 5. The third-order valence-electron chi connectivity index (χ3n) is 6.00. The van der Waals surface area contributed by atoms with Gasteiger partial charge in [0.25, 0.3) is 0 Å². The predicted molar refractivity (Wildman–Crippen MR) is 137 cm³/mol. The lowest BCUT2D eigenvalue weighted by Gasteiger charge is -2.23. The van der Waals surface area contributed by atoms with E-state index in [0.29, 0.717) is 49.4 Å². The molecule has 0 bridgehead atoms. The fraction of sp³-hybridized carbons (Fsp3) is 0.357. The molecule has 0 amide bonds. The van der Waals surface area contributed by atoms with Crippen molar-refractivity contribution in [3.8, 4) is 5.75 Å². The molecule has 0 aliphatic rings. The standard InChI is InChI=1S/C28H31F4NO4S/c1-38(35,36)27-19-26(11-8-23(27)13-16-34)37-17-3-14-33(15-12-21-6-9-25(29)10-7-21)20-22-4-2-5-24(18-22)28(30,31)32/h2,4-11,18-19,34H,3,12-17,20H2,1H3. The summed E-state index contributed by atoms with van der Waals surface area (Å²) >= 11 is 0. The lowest BCUT2D eigenvalue weighted by molar-refractivity contribution is -0.137. The maximum atomic E-state index is 13.2. The molecule has 0 spiro atoms. The van der Waals surface area contributed by atoms with Gasteiger partial charge >= 0.3 is 6.18 Å². The lowest BCUT2D eigenvalue weighted by atomic mass is 10.1. The molecule has 0 fully saturated rings. The van der Waals surface area contributed by atoms with Gasteiger partial charge in [-0.2, -0.15) is 13.2 Å². The average Bonchev–Trinajstić information content (AvgIpc) is 2.86. The van der Waals surface area contributed by atoms with Crippen LogP contribution in [0.3, 0.4) is 0 Å². The molecule has 3 aromatic rings. The summed E-state index contributed by atoms with van der Waals surface area (Å²) in [6, 6.07) is 16.0. The Morgan fingerprint density at radius 2 is 1.66 bits per heavy atom. The van der Waals surface area contributed by atoms with Crippen molar-refractivity contribution in [1.82, 2.24) is 4.90 Å². The zero-order valence-corrected chi connectivity index (χ0v) is 21.9. The van der Waals surface area contributed by atoms with Crippen molar-refractivity contribution >= 4 is 9.84 Å². The third-order valence-corrected chi connectivity index (χ3v) is 7.18. The van der Waals surface area contributed by atoms with Crippen molar-refractivity contribution in [3.63, 3.8) is 0 Å². The van der Waals surface area contributed by atoms with Gasteiger partial charge in [-0.1, -0.05) is 36.4 Å². The number of alkyl halides is 3. The Kier molecular flexibility index (Phi) is 10.3. The molecule has 0 atom stereocenters. The van der Waals surface area contributed by atoms with Gasteiger partial charge in [-0.15, -0.1) is 0 Å². The van der Waals surface area contributed by atoms with Gasteiger partial charge in [0.1, 0.15) is 11.6 Å². The van der Waals surface area contributed by atoms with Gasteiger partial charge in [-0.05, 0) is 66.3 Å². The summed E-state index contributed by atoms with van der Waals surface area (Å²) in [4.78, 5) is 2.11. The van der Waals surface area contributed by atoms with Crippen molar-refractivity contribution in [2.45, 2.75) is 36.9 Å². The van der Waals surface area contributed by atoms with Gasteiger partial charge in [-0.3, -0.25) is 4.90 Å². The van der Waals surface area contributed by atoms with Crippen LogP contribution in [0, 0.1) is 5.82 Å². The highest BCUT2D eigenvalue weighted by Gasteiger charge is 2.30. The Hall–Kier alpha value is -2.95. The molecule has 0 saturated carbocycles. The number of aliphatic hydroxyl groups is 1. The molecule has 206 valence electrons. The van der Waals surface area contributed by atoms with Crippen LogP contribution in [0.25, 0.3) is 0 Å². The lowest BCUT2D eigenvalue weighted by Crippen LogP contribution is -2.28. The second kappa shape index (κ2) is 13.2. The monoisotopic (exact) mass is 553 g/mol. The predicted octanol–water partition coefficient (Wildman–Crippen LogP) is 5.30. The number of sulfone groups is 1. The van der Waals surface area contributed by atoms with Gasteiger partial charge in [0.15, 0.2) is 9.84 Å². The van der Waals surface area contributed by atoms with E-state index >= 15 is 0 Å². The van der Waals surface area contributed by atoms with E-state index in [1.54, 1.807) is 30.3 Å². The van der Waals surface area contributed by atoms with Crippen LogP contribution in [0.15, 0.2) is 71.6 Å². The largest absolute Gasteiger partial charge is 0.494 e. The first-order chi connectivity index (χ1) is 18.0. The molecule has 0 heterocycles. The van der Waals surface area contributed by atoms with E-state index in [9.17, 15) is 31.1 Å². The van der Waals surface area contributed by atoms with Crippen LogP contribution in [0.4, 0.5) is 17.6 Å². The Balaban J connectivity index is 1.66. The summed E-state index contributed by atoms with van der Waals surface area (Å²) in [7, 11) is -3.51. The maximum absolute atomic E-state index is 13.2. The van der Waals surface area contributed by atoms with Crippen LogP contribution in [-0.2, 0) is 35.4 Å². The summed E-state index contributed by atoms with van der Waals surface area (Å²) in [6.45, 7) is 1.43. The number of aliphatic hydroxyl groups excluding tert-OH is 1.